The highest BCUT2D eigenvalue weighted by Crippen LogP contribution is 2.29. The number of rotatable bonds is 8. The molecule has 7 heterocycles. The van der Waals surface area contributed by atoms with Crippen LogP contribution in [0, 0.1) is 13.8 Å². The summed E-state index contributed by atoms with van der Waals surface area (Å²) >= 11 is 0. The summed E-state index contributed by atoms with van der Waals surface area (Å²) in [6, 6.07) is 5.35. The minimum Gasteiger partial charge on any atom is -0.363 e. The van der Waals surface area contributed by atoms with Crippen molar-refractivity contribution in [1.82, 2.24) is 54.5 Å². The molecule has 226 valence electrons. The lowest BCUT2D eigenvalue weighted by molar-refractivity contribution is 0.0987. The molecule has 0 aromatic carbocycles. The molecule has 0 aliphatic heterocycles. The molecule has 17 nitrogen and oxygen atoms in total. The fourth-order valence-electron chi connectivity index (χ4n) is 5.28. The van der Waals surface area contributed by atoms with E-state index in [0.717, 1.165) is 0 Å². The van der Waals surface area contributed by atoms with Gasteiger partial charge in [-0.05, 0) is 45.2 Å². The summed E-state index contributed by atoms with van der Waals surface area (Å²) < 4.78 is 13.4. The summed E-state index contributed by atoms with van der Waals surface area (Å²) in [4.78, 5) is 60.6. The zero-order valence-electron chi connectivity index (χ0n) is 24.2. The first-order chi connectivity index (χ1) is 21.7. The Hall–Kier alpha value is -6.26. The summed E-state index contributed by atoms with van der Waals surface area (Å²) in [5.41, 5.74) is 9.08. The van der Waals surface area contributed by atoms with E-state index in [2.05, 4.69) is 40.4 Å². The SMILES string of the molecule is CCc1c(C)nc2c(-c3nc(-c4ccccn4)no3)c(CCc3c(C)nc4c(-c5nc(C(N)=O)no5)c[nH]n4c3=O)[nH]n2c1=O. The summed E-state index contributed by atoms with van der Waals surface area (Å²) in [5.74, 6) is -0.746. The van der Waals surface area contributed by atoms with E-state index in [0.29, 0.717) is 57.1 Å². The van der Waals surface area contributed by atoms with E-state index in [-0.39, 0.29) is 53.0 Å². The van der Waals surface area contributed by atoms with Gasteiger partial charge in [0, 0.05) is 40.6 Å². The van der Waals surface area contributed by atoms with Crippen molar-refractivity contribution in [2.75, 3.05) is 0 Å². The van der Waals surface area contributed by atoms with Gasteiger partial charge in [-0.25, -0.2) is 19.0 Å². The zero-order chi connectivity index (χ0) is 31.4. The number of fused-ring (bicyclic) bond motifs is 2. The number of hydrogen-bond donors (Lipinski definition) is 3. The van der Waals surface area contributed by atoms with Gasteiger partial charge in [-0.15, -0.1) is 0 Å². The molecular formula is C28H24N12O5. The maximum Gasteiger partial charge on any atom is 0.290 e. The smallest absolute Gasteiger partial charge is 0.290 e. The first-order valence-electron chi connectivity index (χ1n) is 13.9. The Morgan fingerprint density at radius 3 is 2.40 bits per heavy atom. The van der Waals surface area contributed by atoms with Crippen molar-refractivity contribution in [2.24, 2.45) is 5.73 Å². The van der Waals surface area contributed by atoms with Crippen LogP contribution >= 0.6 is 0 Å². The molecule has 7 aromatic rings. The highest BCUT2D eigenvalue weighted by atomic mass is 16.5. The van der Waals surface area contributed by atoms with Gasteiger partial charge >= 0.3 is 0 Å². The Bertz CT molecular complexity index is 2370. The molecule has 0 aliphatic rings. The predicted octanol–water partition coefficient (Wildman–Crippen LogP) is 1.58. The molecule has 4 N–H and O–H groups in total. The molecule has 0 spiro atoms. The minimum atomic E-state index is -0.850. The number of primary amides is 1. The quantitative estimate of drug-likeness (QED) is 0.223. The van der Waals surface area contributed by atoms with Crippen LogP contribution in [0.4, 0.5) is 0 Å². The number of H-pyrrole nitrogens is 2. The number of aromatic nitrogens is 11. The van der Waals surface area contributed by atoms with Crippen LogP contribution < -0.4 is 16.9 Å². The normalized spacial score (nSPS) is 11.6. The minimum absolute atomic E-state index is 0.0198. The number of nitrogens with one attached hydrogen (secondary N) is 2. The van der Waals surface area contributed by atoms with Gasteiger partial charge in [-0.3, -0.25) is 29.6 Å². The summed E-state index contributed by atoms with van der Waals surface area (Å²) in [7, 11) is 0. The first kappa shape index (κ1) is 27.6. The van der Waals surface area contributed by atoms with Crippen LogP contribution in [-0.4, -0.2) is 60.4 Å². The average Bonchev–Trinajstić information content (AvgIpc) is 3.83. The highest BCUT2D eigenvalue weighted by Gasteiger charge is 2.25. The van der Waals surface area contributed by atoms with Crippen LogP contribution in [0.25, 0.3) is 45.7 Å². The van der Waals surface area contributed by atoms with E-state index in [9.17, 15) is 14.4 Å². The fourth-order valence-corrected chi connectivity index (χ4v) is 5.28. The van der Waals surface area contributed by atoms with Crippen molar-refractivity contribution in [1.29, 1.82) is 0 Å². The third kappa shape index (κ3) is 4.48. The van der Waals surface area contributed by atoms with Gasteiger partial charge in [0.05, 0.1) is 0 Å². The van der Waals surface area contributed by atoms with Gasteiger partial charge in [0.25, 0.3) is 34.6 Å². The number of aromatic amines is 2. The molecule has 0 unspecified atom stereocenters. The molecule has 1 amide bonds. The summed E-state index contributed by atoms with van der Waals surface area (Å²) in [5, 5.41) is 13.7. The van der Waals surface area contributed by atoms with Gasteiger partial charge in [-0.2, -0.15) is 9.97 Å². The van der Waals surface area contributed by atoms with Crippen molar-refractivity contribution in [2.45, 2.75) is 40.0 Å². The number of aryl methyl sites for hydroxylation is 3. The Balaban J connectivity index is 1.30. The summed E-state index contributed by atoms with van der Waals surface area (Å²) in [6.45, 7) is 5.38. The molecule has 0 saturated carbocycles. The molecule has 0 bridgehead atoms. The zero-order valence-corrected chi connectivity index (χ0v) is 24.2. The number of hydrogen-bond acceptors (Lipinski definition) is 12. The second kappa shape index (κ2) is 10.5. The number of carbonyl (C=O) groups is 1. The van der Waals surface area contributed by atoms with Crippen LogP contribution in [0.2, 0.25) is 0 Å². The van der Waals surface area contributed by atoms with Crippen LogP contribution in [0.15, 0.2) is 49.2 Å². The van der Waals surface area contributed by atoms with Crippen molar-refractivity contribution in [3.8, 4) is 34.4 Å². The van der Waals surface area contributed by atoms with E-state index in [1.54, 1.807) is 32.2 Å². The lowest BCUT2D eigenvalue weighted by atomic mass is 10.1. The van der Waals surface area contributed by atoms with Gasteiger partial charge < -0.3 is 14.8 Å². The monoisotopic (exact) mass is 608 g/mol. The molecule has 7 aromatic heterocycles. The van der Waals surface area contributed by atoms with E-state index in [1.807, 2.05) is 13.0 Å². The van der Waals surface area contributed by atoms with Gasteiger partial charge in [0.15, 0.2) is 11.3 Å². The van der Waals surface area contributed by atoms with Crippen molar-refractivity contribution >= 4 is 17.2 Å². The largest absolute Gasteiger partial charge is 0.363 e. The van der Waals surface area contributed by atoms with Gasteiger partial charge in [0.1, 0.15) is 16.8 Å². The first-order valence-corrected chi connectivity index (χ1v) is 13.9. The Kier molecular flexibility index (Phi) is 6.42. The van der Waals surface area contributed by atoms with Crippen LogP contribution in [0.5, 0.6) is 0 Å². The lowest BCUT2D eigenvalue weighted by Gasteiger charge is -2.06. The Labute approximate surface area is 251 Å². The third-order valence-corrected chi connectivity index (χ3v) is 7.51. The topological polar surface area (TPSA) is 234 Å². The molecule has 17 heteroatoms. The van der Waals surface area contributed by atoms with E-state index in [1.165, 1.54) is 15.2 Å². The standard InChI is InChI=1S/C28H24N12O5/c1-4-14-12(2)33-24-19(26-34-21(37-45-26)18-7-5-6-10-30-18)17(36-40(24)27(14)42)9-8-15-13(3)32-23-16(11-31-39(23)28(15)43)25-35-22(20(29)41)38-44-25/h5-7,10-11,31,36H,4,8-9H2,1-3H3,(H2,29,41). The molecule has 45 heavy (non-hydrogen) atoms. The molecule has 0 atom stereocenters. The van der Waals surface area contributed by atoms with Crippen molar-refractivity contribution in [3.05, 3.63) is 85.3 Å². The van der Waals surface area contributed by atoms with Gasteiger partial charge in [-0.1, -0.05) is 23.3 Å². The van der Waals surface area contributed by atoms with E-state index >= 15 is 0 Å². The van der Waals surface area contributed by atoms with Crippen LogP contribution in [-0.2, 0) is 19.3 Å². The maximum atomic E-state index is 13.6. The lowest BCUT2D eigenvalue weighted by Crippen LogP contribution is -2.22. The predicted molar refractivity (Wildman–Crippen MR) is 156 cm³/mol. The molecular weight excluding hydrogens is 584 g/mol. The second-order valence-corrected chi connectivity index (χ2v) is 10.2. The number of nitrogens with zero attached hydrogens (tertiary/aromatic N) is 9. The van der Waals surface area contributed by atoms with E-state index < -0.39 is 5.91 Å². The molecule has 7 rings (SSSR count). The van der Waals surface area contributed by atoms with E-state index in [4.69, 9.17) is 19.8 Å². The summed E-state index contributed by atoms with van der Waals surface area (Å²) in [6.07, 6.45) is 4.10. The number of nitrogens with two attached hydrogens (primary N) is 1. The highest BCUT2D eigenvalue weighted by molar-refractivity contribution is 5.89. The Morgan fingerprint density at radius 1 is 0.911 bits per heavy atom. The number of amides is 1. The molecule has 0 saturated heterocycles. The fraction of sp³-hybridized carbons (Fsp3) is 0.214. The number of carbonyl (C=O) groups excluding carboxylic acids is 1. The number of pyridine rings is 1. The third-order valence-electron chi connectivity index (χ3n) is 7.51. The maximum absolute atomic E-state index is 13.6. The Morgan fingerprint density at radius 2 is 1.67 bits per heavy atom. The molecule has 0 radical (unpaired) electrons. The van der Waals surface area contributed by atoms with Gasteiger partial charge in [0.2, 0.25) is 5.82 Å². The molecule has 0 fully saturated rings. The van der Waals surface area contributed by atoms with Crippen LogP contribution in [0.3, 0.4) is 0 Å². The average molecular weight is 609 g/mol. The second-order valence-electron chi connectivity index (χ2n) is 10.2. The van der Waals surface area contributed by atoms with Crippen molar-refractivity contribution < 1.29 is 13.8 Å². The van der Waals surface area contributed by atoms with Crippen LogP contribution in [0.1, 0.15) is 45.8 Å². The van der Waals surface area contributed by atoms with Crippen molar-refractivity contribution in [3.63, 3.8) is 0 Å². The molecule has 0 aliphatic carbocycles.